The number of hydrogen-bond acceptors (Lipinski definition) is 3. The summed E-state index contributed by atoms with van der Waals surface area (Å²) in [5.41, 5.74) is 2.44. The minimum absolute atomic E-state index is 0.128. The standard InChI is InChI=1S/C22H30O3/c1-17(7-6-10-20(23)19-12-13-19)11-14-21-22(2,25-21)16-24-15-18-8-4-3-5-9-18/h3-5,7-9,19,21H,6,10-16H2,1-2H3/b17-7+/t21-,22+/m1/s1. The van der Waals surface area contributed by atoms with Crippen molar-refractivity contribution < 1.29 is 14.3 Å². The third-order valence-corrected chi connectivity index (χ3v) is 5.25. The smallest absolute Gasteiger partial charge is 0.136 e. The van der Waals surface area contributed by atoms with Crippen molar-refractivity contribution in [3.05, 3.63) is 47.5 Å². The number of Topliss-reactive ketones (excluding diaryl/α,β-unsaturated/α-hetero) is 1. The lowest BCUT2D eigenvalue weighted by Crippen LogP contribution is -2.18. The van der Waals surface area contributed by atoms with Crippen LogP contribution in [0.5, 0.6) is 0 Å². The average Bonchev–Trinajstić information content (AvgIpc) is 3.51. The van der Waals surface area contributed by atoms with Gasteiger partial charge < -0.3 is 9.47 Å². The summed E-state index contributed by atoms with van der Waals surface area (Å²) in [6.07, 6.45) is 8.43. The van der Waals surface area contributed by atoms with Crippen LogP contribution in [-0.2, 0) is 20.9 Å². The van der Waals surface area contributed by atoms with Crippen molar-refractivity contribution in [2.24, 2.45) is 5.92 Å². The van der Waals surface area contributed by atoms with Crippen molar-refractivity contribution in [2.75, 3.05) is 6.61 Å². The fraction of sp³-hybridized carbons (Fsp3) is 0.591. The van der Waals surface area contributed by atoms with Crippen molar-refractivity contribution in [1.29, 1.82) is 0 Å². The molecule has 25 heavy (non-hydrogen) atoms. The molecule has 2 atom stereocenters. The molecule has 3 nitrogen and oxygen atoms in total. The molecule has 1 saturated heterocycles. The Morgan fingerprint density at radius 2 is 2.04 bits per heavy atom. The third-order valence-electron chi connectivity index (χ3n) is 5.25. The lowest BCUT2D eigenvalue weighted by Gasteiger charge is -2.08. The highest BCUT2D eigenvalue weighted by molar-refractivity contribution is 5.83. The van der Waals surface area contributed by atoms with Crippen LogP contribution >= 0.6 is 0 Å². The lowest BCUT2D eigenvalue weighted by molar-refractivity contribution is -0.120. The Morgan fingerprint density at radius 1 is 1.28 bits per heavy atom. The van der Waals surface area contributed by atoms with Crippen LogP contribution in [0.1, 0.15) is 57.9 Å². The van der Waals surface area contributed by atoms with Gasteiger partial charge >= 0.3 is 0 Å². The normalized spacial score (nSPS) is 25.8. The summed E-state index contributed by atoms with van der Waals surface area (Å²) in [5, 5.41) is 0. The van der Waals surface area contributed by atoms with E-state index in [-0.39, 0.29) is 5.60 Å². The quantitative estimate of drug-likeness (QED) is 0.426. The van der Waals surface area contributed by atoms with Crippen LogP contribution in [-0.4, -0.2) is 24.1 Å². The van der Waals surface area contributed by atoms with Gasteiger partial charge in [-0.05, 0) is 51.5 Å². The summed E-state index contributed by atoms with van der Waals surface area (Å²) in [5.74, 6) is 0.850. The molecule has 0 spiro atoms. The van der Waals surface area contributed by atoms with E-state index in [0.29, 0.717) is 37.4 Å². The van der Waals surface area contributed by atoms with Gasteiger partial charge in [-0.1, -0.05) is 42.0 Å². The number of ether oxygens (including phenoxy) is 2. The van der Waals surface area contributed by atoms with Crippen molar-refractivity contribution in [1.82, 2.24) is 0 Å². The molecule has 1 heterocycles. The number of ketones is 1. The zero-order chi connectivity index (χ0) is 17.7. The lowest BCUT2D eigenvalue weighted by atomic mass is 10.0. The fourth-order valence-corrected chi connectivity index (χ4v) is 3.26. The first-order valence-electron chi connectivity index (χ1n) is 9.55. The van der Waals surface area contributed by atoms with E-state index >= 15 is 0 Å². The number of carbonyl (C=O) groups is 1. The van der Waals surface area contributed by atoms with E-state index in [1.165, 1.54) is 11.1 Å². The van der Waals surface area contributed by atoms with Gasteiger partial charge in [-0.25, -0.2) is 0 Å². The van der Waals surface area contributed by atoms with Crippen LogP contribution in [0.25, 0.3) is 0 Å². The predicted octanol–water partition coefficient (Wildman–Crippen LogP) is 4.85. The second-order valence-electron chi connectivity index (χ2n) is 7.77. The van der Waals surface area contributed by atoms with E-state index in [9.17, 15) is 4.79 Å². The van der Waals surface area contributed by atoms with E-state index in [4.69, 9.17) is 9.47 Å². The summed E-state index contributed by atoms with van der Waals surface area (Å²) in [7, 11) is 0. The van der Waals surface area contributed by atoms with Gasteiger partial charge in [0.25, 0.3) is 0 Å². The first kappa shape index (κ1) is 18.3. The number of carbonyl (C=O) groups excluding carboxylic acids is 1. The topological polar surface area (TPSA) is 38.8 Å². The molecule has 1 saturated carbocycles. The fourth-order valence-electron chi connectivity index (χ4n) is 3.26. The second kappa shape index (κ2) is 8.29. The number of benzene rings is 1. The van der Waals surface area contributed by atoms with E-state index < -0.39 is 0 Å². The maximum atomic E-state index is 11.7. The van der Waals surface area contributed by atoms with Gasteiger partial charge in [0.15, 0.2) is 0 Å². The largest absolute Gasteiger partial charge is 0.374 e. The third kappa shape index (κ3) is 5.79. The summed E-state index contributed by atoms with van der Waals surface area (Å²) in [4.78, 5) is 11.7. The molecule has 2 fully saturated rings. The number of rotatable bonds is 11. The van der Waals surface area contributed by atoms with Crippen LogP contribution in [0.3, 0.4) is 0 Å². The molecule has 0 aromatic heterocycles. The van der Waals surface area contributed by atoms with Crippen LogP contribution in [0.15, 0.2) is 42.0 Å². The Balaban J connectivity index is 1.29. The van der Waals surface area contributed by atoms with Gasteiger partial charge in [-0.2, -0.15) is 0 Å². The Hall–Kier alpha value is -1.45. The Kier molecular flexibility index (Phi) is 6.08. The summed E-state index contributed by atoms with van der Waals surface area (Å²) < 4.78 is 11.7. The first-order chi connectivity index (χ1) is 12.1. The van der Waals surface area contributed by atoms with Crippen LogP contribution in [0, 0.1) is 5.92 Å². The molecule has 1 aromatic carbocycles. The maximum absolute atomic E-state index is 11.7. The summed E-state index contributed by atoms with van der Waals surface area (Å²) in [6, 6.07) is 10.2. The molecular weight excluding hydrogens is 312 g/mol. The van der Waals surface area contributed by atoms with Crippen LogP contribution in [0.2, 0.25) is 0 Å². The molecule has 0 amide bonds. The van der Waals surface area contributed by atoms with Crippen molar-refractivity contribution in [3.8, 4) is 0 Å². The van der Waals surface area contributed by atoms with Crippen LogP contribution in [0.4, 0.5) is 0 Å². The Morgan fingerprint density at radius 3 is 2.76 bits per heavy atom. The SMILES string of the molecule is C/C(=C\CCC(=O)C1CC1)CC[C@H]1O[C@@]1(C)COCc1ccccc1. The van der Waals surface area contributed by atoms with Gasteiger partial charge in [0.05, 0.1) is 19.3 Å². The zero-order valence-electron chi connectivity index (χ0n) is 15.5. The molecule has 1 aromatic rings. The number of hydrogen-bond donors (Lipinski definition) is 0. The van der Waals surface area contributed by atoms with Gasteiger partial charge in [0.1, 0.15) is 11.4 Å². The molecule has 0 radical (unpaired) electrons. The molecular formula is C22H30O3. The monoisotopic (exact) mass is 342 g/mol. The number of epoxide rings is 1. The molecule has 0 N–H and O–H groups in total. The van der Waals surface area contributed by atoms with E-state index in [1.54, 1.807) is 0 Å². The molecule has 136 valence electrons. The average molecular weight is 342 g/mol. The maximum Gasteiger partial charge on any atom is 0.136 e. The van der Waals surface area contributed by atoms with Crippen molar-refractivity contribution in [3.63, 3.8) is 0 Å². The van der Waals surface area contributed by atoms with Gasteiger partial charge in [0.2, 0.25) is 0 Å². The van der Waals surface area contributed by atoms with Gasteiger partial charge in [-0.15, -0.1) is 0 Å². The highest BCUT2D eigenvalue weighted by atomic mass is 16.6. The van der Waals surface area contributed by atoms with E-state index in [2.05, 4.69) is 32.1 Å². The first-order valence-corrected chi connectivity index (χ1v) is 9.55. The molecule has 1 aliphatic heterocycles. The summed E-state index contributed by atoms with van der Waals surface area (Å²) in [6.45, 7) is 5.58. The minimum Gasteiger partial charge on any atom is -0.374 e. The summed E-state index contributed by atoms with van der Waals surface area (Å²) >= 11 is 0. The Labute approximate surface area is 151 Å². The highest BCUT2D eigenvalue weighted by Gasteiger charge is 2.51. The number of allylic oxidation sites excluding steroid dienone is 2. The zero-order valence-corrected chi connectivity index (χ0v) is 15.5. The molecule has 3 heteroatoms. The van der Waals surface area contributed by atoms with Crippen LogP contribution < -0.4 is 0 Å². The van der Waals surface area contributed by atoms with E-state index in [1.807, 2.05) is 18.2 Å². The second-order valence-corrected chi connectivity index (χ2v) is 7.77. The van der Waals surface area contributed by atoms with Crippen molar-refractivity contribution in [2.45, 2.75) is 70.7 Å². The molecule has 0 unspecified atom stereocenters. The molecule has 1 aliphatic carbocycles. The molecule has 2 aliphatic rings. The van der Waals surface area contributed by atoms with Gasteiger partial charge in [0, 0.05) is 12.3 Å². The molecule has 3 rings (SSSR count). The molecule has 0 bridgehead atoms. The highest BCUT2D eigenvalue weighted by Crippen LogP contribution is 2.40. The van der Waals surface area contributed by atoms with Crippen molar-refractivity contribution >= 4 is 5.78 Å². The van der Waals surface area contributed by atoms with E-state index in [0.717, 1.165) is 32.1 Å². The minimum atomic E-state index is -0.128. The predicted molar refractivity (Wildman–Crippen MR) is 99.3 cm³/mol. The Bertz CT molecular complexity index is 603. The van der Waals surface area contributed by atoms with Gasteiger partial charge in [-0.3, -0.25) is 4.79 Å².